The normalized spacial score (nSPS) is 10.9. The van der Waals surface area contributed by atoms with Crippen molar-refractivity contribution in [2.45, 2.75) is 72.4 Å². The molecule has 0 aromatic carbocycles. The lowest BCUT2D eigenvalue weighted by Crippen LogP contribution is -2.37. The zero-order valence-electron chi connectivity index (χ0n) is 11.2. The SMILES string of the molecule is CCCCCc1n(CC)cc[n+]1CCCC. The van der Waals surface area contributed by atoms with Crippen molar-refractivity contribution in [3.05, 3.63) is 18.2 Å². The summed E-state index contributed by atoms with van der Waals surface area (Å²) in [5.41, 5.74) is 0. The van der Waals surface area contributed by atoms with E-state index in [1.807, 2.05) is 0 Å². The molecular formula is C14H27N2+. The smallest absolute Gasteiger partial charge is 0.235 e. The van der Waals surface area contributed by atoms with Crippen LogP contribution in [0.25, 0.3) is 0 Å². The van der Waals surface area contributed by atoms with E-state index in [0.717, 1.165) is 6.54 Å². The van der Waals surface area contributed by atoms with E-state index in [9.17, 15) is 0 Å². The lowest BCUT2D eigenvalue weighted by atomic mass is 10.2. The van der Waals surface area contributed by atoms with E-state index in [2.05, 4.69) is 42.3 Å². The van der Waals surface area contributed by atoms with Gasteiger partial charge >= 0.3 is 0 Å². The summed E-state index contributed by atoms with van der Waals surface area (Å²) in [5, 5.41) is 0. The van der Waals surface area contributed by atoms with Crippen LogP contribution in [0.2, 0.25) is 0 Å². The highest BCUT2D eigenvalue weighted by Crippen LogP contribution is 2.04. The van der Waals surface area contributed by atoms with Crippen LogP contribution in [-0.4, -0.2) is 4.57 Å². The molecule has 1 aromatic heterocycles. The summed E-state index contributed by atoms with van der Waals surface area (Å²) >= 11 is 0. The molecule has 16 heavy (non-hydrogen) atoms. The second kappa shape index (κ2) is 7.48. The summed E-state index contributed by atoms with van der Waals surface area (Å²) in [6, 6.07) is 0. The van der Waals surface area contributed by atoms with Crippen LogP contribution in [0.5, 0.6) is 0 Å². The molecule has 0 unspecified atom stereocenters. The maximum absolute atomic E-state index is 2.45. The van der Waals surface area contributed by atoms with Crippen LogP contribution in [0.4, 0.5) is 0 Å². The molecule has 0 aliphatic rings. The molecule has 1 heterocycles. The zero-order chi connectivity index (χ0) is 11.8. The third-order valence-electron chi connectivity index (χ3n) is 3.19. The standard InChI is InChI=1S/C14H27N2/c1-4-7-9-10-14-15(6-3)12-13-16(14)11-8-5-2/h12-13H,4-11H2,1-3H3/q+1. The summed E-state index contributed by atoms with van der Waals surface area (Å²) in [7, 11) is 0. The van der Waals surface area contributed by atoms with Gasteiger partial charge in [0.2, 0.25) is 0 Å². The maximum atomic E-state index is 2.45. The van der Waals surface area contributed by atoms with Crippen LogP contribution in [0, 0.1) is 0 Å². The van der Waals surface area contributed by atoms with Crippen LogP contribution in [0.15, 0.2) is 12.4 Å². The van der Waals surface area contributed by atoms with Crippen molar-refractivity contribution in [2.75, 3.05) is 0 Å². The zero-order valence-corrected chi connectivity index (χ0v) is 11.2. The summed E-state index contributed by atoms with van der Waals surface area (Å²) in [5.74, 6) is 1.52. The molecule has 0 fully saturated rings. The molecule has 0 aliphatic carbocycles. The molecule has 1 aromatic rings. The monoisotopic (exact) mass is 223 g/mol. The van der Waals surface area contributed by atoms with Crippen molar-refractivity contribution in [2.24, 2.45) is 0 Å². The first-order chi connectivity index (χ1) is 7.83. The minimum atomic E-state index is 1.10. The van der Waals surface area contributed by atoms with Crippen LogP contribution in [0.1, 0.15) is 58.7 Å². The fourth-order valence-electron chi connectivity index (χ4n) is 2.14. The van der Waals surface area contributed by atoms with Gasteiger partial charge in [-0.2, -0.15) is 0 Å². The number of imidazole rings is 1. The third-order valence-corrected chi connectivity index (χ3v) is 3.19. The Bertz CT molecular complexity index is 289. The molecule has 0 saturated heterocycles. The highest BCUT2D eigenvalue weighted by molar-refractivity contribution is 4.83. The average Bonchev–Trinajstić information content (AvgIpc) is 2.69. The largest absolute Gasteiger partial charge is 0.256 e. The Morgan fingerprint density at radius 1 is 1.06 bits per heavy atom. The molecule has 0 atom stereocenters. The van der Waals surface area contributed by atoms with E-state index in [0.29, 0.717) is 0 Å². The van der Waals surface area contributed by atoms with Crippen molar-refractivity contribution < 1.29 is 4.57 Å². The molecule has 1 rings (SSSR count). The molecule has 0 bridgehead atoms. The molecule has 0 N–H and O–H groups in total. The number of nitrogens with zero attached hydrogens (tertiary/aromatic N) is 2. The van der Waals surface area contributed by atoms with Gasteiger partial charge in [0.1, 0.15) is 12.4 Å². The average molecular weight is 223 g/mol. The van der Waals surface area contributed by atoms with E-state index < -0.39 is 0 Å². The second-order valence-corrected chi connectivity index (χ2v) is 4.50. The molecule has 2 nitrogen and oxygen atoms in total. The number of hydrogen-bond donors (Lipinski definition) is 0. The summed E-state index contributed by atoms with van der Waals surface area (Å²) in [6.07, 6.45) is 12.3. The Balaban J connectivity index is 2.63. The van der Waals surface area contributed by atoms with Crippen LogP contribution in [0.3, 0.4) is 0 Å². The number of hydrogen-bond acceptors (Lipinski definition) is 0. The molecule has 0 saturated carbocycles. The van der Waals surface area contributed by atoms with Gasteiger partial charge in [0.15, 0.2) is 0 Å². The Labute approximate surface area is 100 Å². The van der Waals surface area contributed by atoms with E-state index in [-0.39, 0.29) is 0 Å². The predicted octanol–water partition coefficient (Wildman–Crippen LogP) is 3.33. The summed E-state index contributed by atoms with van der Waals surface area (Å²) < 4.78 is 4.84. The minimum absolute atomic E-state index is 1.10. The Morgan fingerprint density at radius 2 is 1.81 bits per heavy atom. The molecule has 0 spiro atoms. The van der Waals surface area contributed by atoms with E-state index in [1.165, 1.54) is 50.9 Å². The molecule has 0 amide bonds. The van der Waals surface area contributed by atoms with E-state index in [4.69, 9.17) is 0 Å². The number of unbranched alkanes of at least 4 members (excludes halogenated alkanes) is 3. The van der Waals surface area contributed by atoms with Crippen LogP contribution < -0.4 is 4.57 Å². The van der Waals surface area contributed by atoms with Gasteiger partial charge in [-0.3, -0.25) is 0 Å². The topological polar surface area (TPSA) is 8.81 Å². The van der Waals surface area contributed by atoms with Crippen LogP contribution in [-0.2, 0) is 19.5 Å². The van der Waals surface area contributed by atoms with Gasteiger partial charge in [0, 0.05) is 6.42 Å². The summed E-state index contributed by atoms with van der Waals surface area (Å²) in [6.45, 7) is 9.04. The Kier molecular flexibility index (Phi) is 6.20. The highest BCUT2D eigenvalue weighted by Gasteiger charge is 2.14. The molecule has 2 heteroatoms. The van der Waals surface area contributed by atoms with Crippen LogP contribution >= 0.6 is 0 Å². The molecule has 0 radical (unpaired) electrons. The van der Waals surface area contributed by atoms with Crippen molar-refractivity contribution >= 4 is 0 Å². The number of aryl methyl sites for hydroxylation is 2. The lowest BCUT2D eigenvalue weighted by Gasteiger charge is -2.03. The van der Waals surface area contributed by atoms with Crippen molar-refractivity contribution in [3.8, 4) is 0 Å². The first kappa shape index (κ1) is 13.3. The van der Waals surface area contributed by atoms with Gasteiger partial charge in [-0.1, -0.05) is 33.1 Å². The van der Waals surface area contributed by atoms with Crippen molar-refractivity contribution in [3.63, 3.8) is 0 Å². The Hall–Kier alpha value is -0.790. The predicted molar refractivity (Wildman–Crippen MR) is 68.4 cm³/mol. The first-order valence-corrected chi connectivity index (χ1v) is 6.90. The van der Waals surface area contributed by atoms with E-state index in [1.54, 1.807) is 0 Å². The molecule has 92 valence electrons. The Morgan fingerprint density at radius 3 is 2.44 bits per heavy atom. The first-order valence-electron chi connectivity index (χ1n) is 6.90. The minimum Gasteiger partial charge on any atom is -0.235 e. The number of aromatic nitrogens is 2. The highest BCUT2D eigenvalue weighted by atomic mass is 15.1. The quantitative estimate of drug-likeness (QED) is 0.472. The summed E-state index contributed by atoms with van der Waals surface area (Å²) in [4.78, 5) is 0. The lowest BCUT2D eigenvalue weighted by molar-refractivity contribution is -0.704. The van der Waals surface area contributed by atoms with Gasteiger partial charge in [0.05, 0.1) is 13.1 Å². The second-order valence-electron chi connectivity index (χ2n) is 4.50. The van der Waals surface area contributed by atoms with Gasteiger partial charge in [-0.05, 0) is 19.8 Å². The van der Waals surface area contributed by atoms with Gasteiger partial charge in [-0.15, -0.1) is 0 Å². The fourth-order valence-corrected chi connectivity index (χ4v) is 2.14. The third kappa shape index (κ3) is 3.66. The van der Waals surface area contributed by atoms with Gasteiger partial charge in [-0.25, -0.2) is 9.13 Å². The van der Waals surface area contributed by atoms with Gasteiger partial charge in [0.25, 0.3) is 5.82 Å². The molecule has 0 aliphatic heterocycles. The number of rotatable bonds is 8. The van der Waals surface area contributed by atoms with E-state index >= 15 is 0 Å². The van der Waals surface area contributed by atoms with Gasteiger partial charge < -0.3 is 0 Å². The van der Waals surface area contributed by atoms with Crippen molar-refractivity contribution in [1.29, 1.82) is 0 Å². The van der Waals surface area contributed by atoms with Crippen molar-refractivity contribution in [1.82, 2.24) is 4.57 Å². The fraction of sp³-hybridized carbons (Fsp3) is 0.786. The maximum Gasteiger partial charge on any atom is 0.256 e. The molecular weight excluding hydrogens is 196 g/mol.